The first kappa shape index (κ1) is 15.7. The van der Waals surface area contributed by atoms with E-state index in [0.717, 1.165) is 11.1 Å². The first-order chi connectivity index (χ1) is 11.1. The quantitative estimate of drug-likeness (QED) is 0.869. The molecule has 2 unspecified atom stereocenters. The molecule has 0 spiro atoms. The van der Waals surface area contributed by atoms with Gasteiger partial charge in [-0.1, -0.05) is 42.5 Å². The molecule has 0 aliphatic carbocycles. The molecule has 2 aromatic rings. The molecule has 4 heteroatoms. The second-order valence-corrected chi connectivity index (χ2v) is 5.95. The van der Waals surface area contributed by atoms with E-state index >= 15 is 0 Å². The highest BCUT2D eigenvalue weighted by Gasteiger charge is 2.29. The Hall–Kier alpha value is -2.20. The molecule has 1 aliphatic rings. The molecule has 3 rings (SSSR count). The zero-order chi connectivity index (χ0) is 16.2. The highest BCUT2D eigenvalue weighted by molar-refractivity contribution is 5.79. The summed E-state index contributed by atoms with van der Waals surface area (Å²) in [5.41, 5.74) is 1.91. The summed E-state index contributed by atoms with van der Waals surface area (Å²) in [6, 6.07) is 16.0. The molecule has 2 aromatic carbocycles. The third kappa shape index (κ3) is 3.96. The van der Waals surface area contributed by atoms with E-state index in [4.69, 9.17) is 4.74 Å². The number of halogens is 1. The van der Waals surface area contributed by atoms with Crippen LogP contribution >= 0.6 is 0 Å². The van der Waals surface area contributed by atoms with Crippen molar-refractivity contribution in [3.8, 4) is 0 Å². The Labute approximate surface area is 135 Å². The van der Waals surface area contributed by atoms with E-state index in [0.29, 0.717) is 13.1 Å². The van der Waals surface area contributed by atoms with E-state index in [9.17, 15) is 9.18 Å². The van der Waals surface area contributed by atoms with Crippen molar-refractivity contribution in [2.75, 3.05) is 13.1 Å². The average Bonchev–Trinajstić information content (AvgIpc) is 2.57. The van der Waals surface area contributed by atoms with Crippen LogP contribution in [-0.4, -0.2) is 30.0 Å². The van der Waals surface area contributed by atoms with Gasteiger partial charge in [0, 0.05) is 6.54 Å². The fourth-order valence-electron chi connectivity index (χ4n) is 2.90. The second-order valence-electron chi connectivity index (χ2n) is 5.95. The van der Waals surface area contributed by atoms with Crippen LogP contribution in [0.25, 0.3) is 0 Å². The number of amides is 1. The number of morpholine rings is 1. The summed E-state index contributed by atoms with van der Waals surface area (Å²) in [6.45, 7) is 3.12. The van der Waals surface area contributed by atoms with E-state index in [-0.39, 0.29) is 30.4 Å². The van der Waals surface area contributed by atoms with Crippen molar-refractivity contribution in [3.63, 3.8) is 0 Å². The topological polar surface area (TPSA) is 29.5 Å². The Balaban J connectivity index is 1.69. The van der Waals surface area contributed by atoms with Crippen LogP contribution in [0.15, 0.2) is 54.6 Å². The van der Waals surface area contributed by atoms with Gasteiger partial charge in [-0.2, -0.15) is 0 Å². The molecule has 1 aliphatic heterocycles. The van der Waals surface area contributed by atoms with Crippen LogP contribution in [0.2, 0.25) is 0 Å². The van der Waals surface area contributed by atoms with Gasteiger partial charge >= 0.3 is 0 Å². The first-order valence-corrected chi connectivity index (χ1v) is 7.84. The van der Waals surface area contributed by atoms with Crippen molar-refractivity contribution in [1.82, 2.24) is 4.90 Å². The van der Waals surface area contributed by atoms with Gasteiger partial charge in [0.2, 0.25) is 5.91 Å². The summed E-state index contributed by atoms with van der Waals surface area (Å²) in [5.74, 6) is -0.238. The predicted molar refractivity (Wildman–Crippen MR) is 86.4 cm³/mol. The zero-order valence-electron chi connectivity index (χ0n) is 13.1. The molecule has 1 fully saturated rings. The van der Waals surface area contributed by atoms with E-state index in [2.05, 4.69) is 0 Å². The third-order valence-electron chi connectivity index (χ3n) is 4.05. The maximum Gasteiger partial charge on any atom is 0.227 e. The standard InChI is InChI=1S/C19H20FNO2/c1-14-12-21(13-18(23-14)16-5-3-2-4-6-16)19(22)11-15-7-9-17(20)10-8-15/h2-10,14,18H,11-13H2,1H3. The van der Waals surface area contributed by atoms with Crippen LogP contribution in [0.4, 0.5) is 4.39 Å². The number of carbonyl (C=O) groups is 1. The normalized spacial score (nSPS) is 21.2. The van der Waals surface area contributed by atoms with Crippen molar-refractivity contribution in [2.45, 2.75) is 25.6 Å². The maximum absolute atomic E-state index is 13.0. The monoisotopic (exact) mass is 313 g/mol. The van der Waals surface area contributed by atoms with Crippen LogP contribution in [0, 0.1) is 5.82 Å². The van der Waals surface area contributed by atoms with Crippen LogP contribution in [0.3, 0.4) is 0 Å². The molecule has 2 atom stereocenters. The fourth-order valence-corrected chi connectivity index (χ4v) is 2.90. The molecular formula is C19H20FNO2. The summed E-state index contributed by atoms with van der Waals surface area (Å²) in [6.07, 6.45) is 0.178. The minimum absolute atomic E-state index is 0.00822. The van der Waals surface area contributed by atoms with Crippen LogP contribution in [0.5, 0.6) is 0 Å². The number of carbonyl (C=O) groups excluding carboxylic acids is 1. The minimum atomic E-state index is -0.287. The van der Waals surface area contributed by atoms with Crippen molar-refractivity contribution >= 4 is 5.91 Å². The lowest BCUT2D eigenvalue weighted by Gasteiger charge is -2.37. The van der Waals surface area contributed by atoms with Gasteiger partial charge in [-0.15, -0.1) is 0 Å². The fraction of sp³-hybridized carbons (Fsp3) is 0.316. The molecule has 23 heavy (non-hydrogen) atoms. The Bertz CT molecular complexity index is 657. The molecule has 3 nitrogen and oxygen atoms in total. The number of rotatable bonds is 3. The van der Waals surface area contributed by atoms with Crippen LogP contribution < -0.4 is 0 Å². The van der Waals surface area contributed by atoms with Gasteiger partial charge in [-0.3, -0.25) is 4.79 Å². The molecule has 1 saturated heterocycles. The van der Waals surface area contributed by atoms with Gasteiger partial charge in [-0.25, -0.2) is 4.39 Å². The van der Waals surface area contributed by atoms with Gasteiger partial charge in [-0.05, 0) is 30.2 Å². The van der Waals surface area contributed by atoms with Crippen LogP contribution in [0.1, 0.15) is 24.2 Å². The number of hydrogen-bond acceptors (Lipinski definition) is 2. The summed E-state index contributed by atoms with van der Waals surface area (Å²) in [4.78, 5) is 14.4. The molecule has 120 valence electrons. The van der Waals surface area contributed by atoms with Gasteiger partial charge in [0.05, 0.1) is 19.1 Å². The van der Waals surface area contributed by atoms with Gasteiger partial charge in [0.15, 0.2) is 0 Å². The van der Waals surface area contributed by atoms with Gasteiger partial charge < -0.3 is 9.64 Å². The molecule has 1 heterocycles. The van der Waals surface area contributed by atoms with Gasteiger partial charge in [0.1, 0.15) is 11.9 Å². The third-order valence-corrected chi connectivity index (χ3v) is 4.05. The zero-order valence-corrected chi connectivity index (χ0v) is 13.1. The summed E-state index contributed by atoms with van der Waals surface area (Å²) in [7, 11) is 0. The second kappa shape index (κ2) is 6.92. The molecule has 0 aromatic heterocycles. The average molecular weight is 313 g/mol. The van der Waals surface area contributed by atoms with Crippen LogP contribution in [-0.2, 0) is 16.0 Å². The Kier molecular flexibility index (Phi) is 4.72. The first-order valence-electron chi connectivity index (χ1n) is 7.84. The number of ether oxygens (including phenoxy) is 1. The number of nitrogens with zero attached hydrogens (tertiary/aromatic N) is 1. The Morgan fingerprint density at radius 3 is 2.52 bits per heavy atom. The maximum atomic E-state index is 13.0. The highest BCUT2D eigenvalue weighted by Crippen LogP contribution is 2.25. The number of benzene rings is 2. The van der Waals surface area contributed by atoms with Crippen molar-refractivity contribution in [3.05, 3.63) is 71.5 Å². The molecule has 0 radical (unpaired) electrons. The smallest absolute Gasteiger partial charge is 0.227 e. The van der Waals surface area contributed by atoms with E-state index in [1.54, 1.807) is 12.1 Å². The predicted octanol–water partition coefficient (Wildman–Crippen LogP) is 3.36. The summed E-state index contributed by atoms with van der Waals surface area (Å²) in [5, 5.41) is 0. The Morgan fingerprint density at radius 2 is 1.83 bits per heavy atom. The van der Waals surface area contributed by atoms with E-state index in [1.165, 1.54) is 12.1 Å². The minimum Gasteiger partial charge on any atom is -0.367 e. The molecule has 0 N–H and O–H groups in total. The summed E-state index contributed by atoms with van der Waals surface area (Å²) >= 11 is 0. The van der Waals surface area contributed by atoms with Crippen molar-refractivity contribution < 1.29 is 13.9 Å². The molecule has 0 saturated carbocycles. The van der Waals surface area contributed by atoms with E-state index in [1.807, 2.05) is 42.2 Å². The molecular weight excluding hydrogens is 293 g/mol. The van der Waals surface area contributed by atoms with Crippen molar-refractivity contribution in [2.24, 2.45) is 0 Å². The largest absolute Gasteiger partial charge is 0.367 e. The van der Waals surface area contributed by atoms with Gasteiger partial charge in [0.25, 0.3) is 0 Å². The lowest BCUT2D eigenvalue weighted by molar-refractivity contribution is -0.144. The molecule has 0 bridgehead atoms. The van der Waals surface area contributed by atoms with E-state index < -0.39 is 0 Å². The lowest BCUT2D eigenvalue weighted by atomic mass is 10.1. The SMILES string of the molecule is CC1CN(C(=O)Cc2ccc(F)cc2)CC(c2ccccc2)O1. The Morgan fingerprint density at radius 1 is 1.13 bits per heavy atom. The van der Waals surface area contributed by atoms with Crippen molar-refractivity contribution in [1.29, 1.82) is 0 Å². The number of hydrogen-bond donors (Lipinski definition) is 0. The molecule has 1 amide bonds. The lowest BCUT2D eigenvalue weighted by Crippen LogP contribution is -2.46. The summed E-state index contributed by atoms with van der Waals surface area (Å²) < 4.78 is 18.9. The highest BCUT2D eigenvalue weighted by atomic mass is 19.1.